The quantitative estimate of drug-likeness (QED) is 0.353. The standard InChI is InChI=1S/C23H20N4O3S3/c28-22(26-23-25-16-1-2-18-20(21(16)33-23)24-13-32-18)15-11-14-3-10-31-19(14)12-17(15)30-9-6-27-4-7-29-8-5-27/h1-3,10-13H,4-9H2,(H,25,26,28). The summed E-state index contributed by atoms with van der Waals surface area (Å²) in [7, 11) is 0. The van der Waals surface area contributed by atoms with E-state index in [2.05, 4.69) is 20.2 Å². The topological polar surface area (TPSA) is 76.6 Å². The Morgan fingerprint density at radius 3 is 2.97 bits per heavy atom. The molecule has 0 saturated carbocycles. The molecule has 33 heavy (non-hydrogen) atoms. The van der Waals surface area contributed by atoms with Gasteiger partial charge in [-0.2, -0.15) is 0 Å². The molecule has 5 aromatic rings. The van der Waals surface area contributed by atoms with Gasteiger partial charge in [0.2, 0.25) is 0 Å². The molecule has 1 fully saturated rings. The van der Waals surface area contributed by atoms with E-state index in [-0.39, 0.29) is 5.91 Å². The Bertz CT molecular complexity index is 1450. The van der Waals surface area contributed by atoms with E-state index in [0.717, 1.165) is 63.4 Å². The van der Waals surface area contributed by atoms with Gasteiger partial charge in [-0.3, -0.25) is 15.0 Å². The summed E-state index contributed by atoms with van der Waals surface area (Å²) in [5.41, 5.74) is 4.12. The number of thiazole rings is 2. The van der Waals surface area contributed by atoms with E-state index in [4.69, 9.17) is 9.47 Å². The fourth-order valence-electron chi connectivity index (χ4n) is 3.93. The minimum Gasteiger partial charge on any atom is -0.491 e. The van der Waals surface area contributed by atoms with Gasteiger partial charge in [-0.15, -0.1) is 22.7 Å². The molecule has 4 heterocycles. The second kappa shape index (κ2) is 8.96. The summed E-state index contributed by atoms with van der Waals surface area (Å²) >= 11 is 4.68. The van der Waals surface area contributed by atoms with E-state index < -0.39 is 0 Å². The first-order valence-electron chi connectivity index (χ1n) is 10.6. The Morgan fingerprint density at radius 1 is 1.15 bits per heavy atom. The van der Waals surface area contributed by atoms with Crippen LogP contribution in [0, 0.1) is 0 Å². The fourth-order valence-corrected chi connectivity index (χ4v) is 6.44. The van der Waals surface area contributed by atoms with Crippen LogP contribution in [0.25, 0.3) is 30.5 Å². The van der Waals surface area contributed by atoms with Crippen LogP contribution in [0.2, 0.25) is 0 Å². The SMILES string of the molecule is O=C(Nc1nc2ccc3scnc3c2s1)c1cc2ccsc2cc1OCCN1CCOCC1. The van der Waals surface area contributed by atoms with Gasteiger partial charge in [-0.1, -0.05) is 11.3 Å². The predicted molar refractivity (Wildman–Crippen MR) is 135 cm³/mol. The van der Waals surface area contributed by atoms with Gasteiger partial charge < -0.3 is 9.47 Å². The summed E-state index contributed by atoms with van der Waals surface area (Å²) in [5.74, 6) is 0.372. The summed E-state index contributed by atoms with van der Waals surface area (Å²) < 4.78 is 14.7. The smallest absolute Gasteiger partial charge is 0.261 e. The van der Waals surface area contributed by atoms with Crippen molar-refractivity contribution in [3.8, 4) is 5.75 Å². The lowest BCUT2D eigenvalue weighted by Crippen LogP contribution is -2.38. The van der Waals surface area contributed by atoms with E-state index in [0.29, 0.717) is 23.1 Å². The van der Waals surface area contributed by atoms with Crippen LogP contribution >= 0.6 is 34.0 Å². The second-order valence-electron chi connectivity index (χ2n) is 7.70. The highest BCUT2D eigenvalue weighted by atomic mass is 32.1. The van der Waals surface area contributed by atoms with Crippen molar-refractivity contribution in [2.24, 2.45) is 0 Å². The van der Waals surface area contributed by atoms with Crippen LogP contribution in [-0.4, -0.2) is 60.2 Å². The molecular weight excluding hydrogens is 476 g/mol. The molecule has 0 bridgehead atoms. The van der Waals surface area contributed by atoms with Crippen molar-refractivity contribution >= 4 is 75.6 Å². The fraction of sp³-hybridized carbons (Fsp3) is 0.261. The molecule has 1 aliphatic rings. The number of nitrogens with one attached hydrogen (secondary N) is 1. The highest BCUT2D eigenvalue weighted by Crippen LogP contribution is 2.35. The zero-order chi connectivity index (χ0) is 22.2. The van der Waals surface area contributed by atoms with Crippen LogP contribution < -0.4 is 10.1 Å². The molecule has 168 valence electrons. The molecule has 0 unspecified atom stereocenters. The minimum atomic E-state index is -0.224. The molecule has 1 N–H and O–H groups in total. The number of carbonyl (C=O) groups is 1. The highest BCUT2D eigenvalue weighted by Gasteiger charge is 2.18. The third kappa shape index (κ3) is 4.20. The molecule has 1 amide bonds. The van der Waals surface area contributed by atoms with Gasteiger partial charge in [0, 0.05) is 24.3 Å². The first-order valence-corrected chi connectivity index (χ1v) is 13.2. The lowest BCUT2D eigenvalue weighted by Gasteiger charge is -2.26. The van der Waals surface area contributed by atoms with Crippen molar-refractivity contribution in [1.29, 1.82) is 0 Å². The molecule has 1 aliphatic heterocycles. The van der Waals surface area contributed by atoms with Crippen molar-refractivity contribution in [3.05, 3.63) is 46.8 Å². The van der Waals surface area contributed by atoms with Crippen molar-refractivity contribution in [2.45, 2.75) is 0 Å². The predicted octanol–water partition coefficient (Wildman–Crippen LogP) is 5.08. The maximum Gasteiger partial charge on any atom is 0.261 e. The molecule has 10 heteroatoms. The molecule has 6 rings (SSSR count). The van der Waals surface area contributed by atoms with Gasteiger partial charge in [-0.25, -0.2) is 9.97 Å². The molecule has 0 atom stereocenters. The molecular formula is C23H20N4O3S3. The number of aromatic nitrogens is 2. The lowest BCUT2D eigenvalue weighted by molar-refractivity contribution is 0.0322. The largest absolute Gasteiger partial charge is 0.491 e. The number of amides is 1. The van der Waals surface area contributed by atoms with E-state index in [1.807, 2.05) is 41.2 Å². The number of hydrogen-bond acceptors (Lipinski definition) is 9. The normalized spacial score (nSPS) is 14.9. The number of rotatable bonds is 6. The van der Waals surface area contributed by atoms with Gasteiger partial charge in [0.1, 0.15) is 17.9 Å². The van der Waals surface area contributed by atoms with Crippen LogP contribution in [0.15, 0.2) is 41.2 Å². The zero-order valence-corrected chi connectivity index (χ0v) is 20.0. The Hall–Kier alpha value is -2.63. The number of carbonyl (C=O) groups excluding carboxylic acids is 1. The third-order valence-corrected chi connectivity index (χ3v) is 8.31. The Morgan fingerprint density at radius 2 is 2.06 bits per heavy atom. The summed E-state index contributed by atoms with van der Waals surface area (Å²) in [6.07, 6.45) is 0. The van der Waals surface area contributed by atoms with Crippen molar-refractivity contribution in [3.63, 3.8) is 0 Å². The number of fused-ring (bicyclic) bond motifs is 4. The lowest BCUT2D eigenvalue weighted by atomic mass is 10.1. The van der Waals surface area contributed by atoms with Gasteiger partial charge in [0.25, 0.3) is 5.91 Å². The number of hydrogen-bond donors (Lipinski definition) is 1. The van der Waals surface area contributed by atoms with Crippen LogP contribution in [0.1, 0.15) is 10.4 Å². The maximum atomic E-state index is 13.3. The Balaban J connectivity index is 1.25. The average molecular weight is 497 g/mol. The third-order valence-electron chi connectivity index (χ3n) is 5.64. The maximum absolute atomic E-state index is 13.3. The molecule has 0 spiro atoms. The van der Waals surface area contributed by atoms with E-state index in [1.165, 1.54) is 11.3 Å². The Kier molecular flexibility index (Phi) is 5.68. The molecule has 0 radical (unpaired) electrons. The van der Waals surface area contributed by atoms with Crippen LogP contribution in [-0.2, 0) is 4.74 Å². The summed E-state index contributed by atoms with van der Waals surface area (Å²) in [6.45, 7) is 4.64. The van der Waals surface area contributed by atoms with Crippen LogP contribution in [0.3, 0.4) is 0 Å². The van der Waals surface area contributed by atoms with Gasteiger partial charge in [-0.05, 0) is 41.1 Å². The number of anilines is 1. The number of thiophene rings is 1. The van der Waals surface area contributed by atoms with Crippen molar-refractivity contribution in [2.75, 3.05) is 44.8 Å². The zero-order valence-electron chi connectivity index (χ0n) is 17.6. The van der Waals surface area contributed by atoms with Crippen LogP contribution in [0.5, 0.6) is 5.75 Å². The Labute approximate surface area is 201 Å². The van der Waals surface area contributed by atoms with Crippen LogP contribution in [0.4, 0.5) is 5.13 Å². The second-order valence-corrected chi connectivity index (χ2v) is 10.5. The van der Waals surface area contributed by atoms with Gasteiger partial charge in [0.15, 0.2) is 5.13 Å². The summed E-state index contributed by atoms with van der Waals surface area (Å²) in [5, 5.41) is 6.59. The van der Waals surface area contributed by atoms with E-state index in [1.54, 1.807) is 22.7 Å². The van der Waals surface area contributed by atoms with E-state index in [9.17, 15) is 4.79 Å². The molecule has 1 saturated heterocycles. The summed E-state index contributed by atoms with van der Waals surface area (Å²) in [6, 6.07) is 9.87. The van der Waals surface area contributed by atoms with Gasteiger partial charge >= 0.3 is 0 Å². The molecule has 3 aromatic heterocycles. The van der Waals surface area contributed by atoms with Crippen molar-refractivity contribution < 1.29 is 14.3 Å². The molecule has 7 nitrogen and oxygen atoms in total. The minimum absolute atomic E-state index is 0.224. The first-order chi connectivity index (χ1) is 16.2. The molecule has 0 aliphatic carbocycles. The summed E-state index contributed by atoms with van der Waals surface area (Å²) in [4.78, 5) is 24.7. The monoisotopic (exact) mass is 496 g/mol. The van der Waals surface area contributed by atoms with Crippen molar-refractivity contribution in [1.82, 2.24) is 14.9 Å². The highest BCUT2D eigenvalue weighted by molar-refractivity contribution is 7.24. The first kappa shape index (κ1) is 20.9. The van der Waals surface area contributed by atoms with E-state index >= 15 is 0 Å². The van der Waals surface area contributed by atoms with Gasteiger partial charge in [0.05, 0.1) is 39.2 Å². The number of benzene rings is 2. The average Bonchev–Trinajstić information content (AvgIpc) is 3.57. The molecule has 2 aromatic carbocycles. The number of nitrogens with zero attached hydrogens (tertiary/aromatic N) is 3. The number of morpholine rings is 1. The number of ether oxygens (including phenoxy) is 2.